The summed E-state index contributed by atoms with van der Waals surface area (Å²) in [5, 5.41) is 8.57. The van der Waals surface area contributed by atoms with Gasteiger partial charge in [0, 0.05) is 0 Å². The number of unbranched alkanes of at least 4 members (excludes halogenated alkanes) is 5. The van der Waals surface area contributed by atoms with Crippen molar-refractivity contribution in [3.8, 4) is 0 Å². The van der Waals surface area contributed by atoms with Crippen LogP contribution in [0.3, 0.4) is 0 Å². The van der Waals surface area contributed by atoms with Gasteiger partial charge < -0.3 is 9.84 Å². The smallest absolute Gasteiger partial charge is 0.450 e. The number of benzene rings is 1. The molecule has 0 fully saturated rings. The van der Waals surface area contributed by atoms with E-state index in [4.69, 9.17) is 5.11 Å². The number of ether oxygens (including phenoxy) is 1. The van der Waals surface area contributed by atoms with Crippen LogP contribution in [0.5, 0.6) is 0 Å². The molecule has 118 valence electrons. The maximum Gasteiger partial charge on any atom is 0.505 e. The molecule has 0 heterocycles. The van der Waals surface area contributed by atoms with Gasteiger partial charge in [-0.2, -0.15) is 0 Å². The van der Waals surface area contributed by atoms with E-state index in [9.17, 15) is 4.79 Å². The second-order valence-electron chi connectivity index (χ2n) is 5.57. The summed E-state index contributed by atoms with van der Waals surface area (Å²) >= 11 is 0. The van der Waals surface area contributed by atoms with Crippen molar-refractivity contribution in [2.45, 2.75) is 64.2 Å². The van der Waals surface area contributed by atoms with Crippen LogP contribution in [0.15, 0.2) is 30.3 Å². The van der Waals surface area contributed by atoms with E-state index in [0.29, 0.717) is 5.92 Å². The first-order chi connectivity index (χ1) is 10.2. The molecule has 0 aliphatic carbocycles. The average molecular weight is 292 g/mol. The molecule has 21 heavy (non-hydrogen) atoms. The Hall–Kier alpha value is -1.51. The van der Waals surface area contributed by atoms with E-state index in [1.54, 1.807) is 0 Å². The summed E-state index contributed by atoms with van der Waals surface area (Å²) in [5.74, 6) is 0.400. The molecule has 0 radical (unpaired) electrons. The van der Waals surface area contributed by atoms with Crippen LogP contribution < -0.4 is 0 Å². The maximum atomic E-state index is 10.5. The van der Waals surface area contributed by atoms with E-state index < -0.39 is 6.16 Å². The van der Waals surface area contributed by atoms with Crippen molar-refractivity contribution >= 4 is 6.16 Å². The molecule has 0 spiro atoms. The molecule has 1 unspecified atom stereocenters. The number of rotatable bonds is 11. The summed E-state index contributed by atoms with van der Waals surface area (Å²) in [5.41, 5.74) is 1.29. The molecule has 1 N–H and O–H groups in total. The van der Waals surface area contributed by atoms with Crippen molar-refractivity contribution in [1.29, 1.82) is 0 Å². The molecular formula is C18H28O3. The highest BCUT2D eigenvalue weighted by Crippen LogP contribution is 2.26. The second kappa shape index (κ2) is 11.2. The van der Waals surface area contributed by atoms with Crippen LogP contribution in [-0.4, -0.2) is 17.9 Å². The molecule has 0 aliphatic rings. The molecule has 0 bridgehead atoms. The lowest BCUT2D eigenvalue weighted by atomic mass is 9.90. The lowest BCUT2D eigenvalue weighted by molar-refractivity contribution is 0.0885. The van der Waals surface area contributed by atoms with Crippen molar-refractivity contribution in [3.05, 3.63) is 35.9 Å². The third-order valence-corrected chi connectivity index (χ3v) is 3.87. The van der Waals surface area contributed by atoms with E-state index in [1.807, 2.05) is 18.2 Å². The van der Waals surface area contributed by atoms with Crippen molar-refractivity contribution in [2.24, 2.45) is 0 Å². The van der Waals surface area contributed by atoms with Crippen LogP contribution in [0.25, 0.3) is 0 Å². The van der Waals surface area contributed by atoms with Crippen LogP contribution in [0, 0.1) is 0 Å². The largest absolute Gasteiger partial charge is 0.505 e. The highest BCUT2D eigenvalue weighted by molar-refractivity contribution is 5.56. The Morgan fingerprint density at radius 3 is 2.38 bits per heavy atom. The Morgan fingerprint density at radius 2 is 1.71 bits per heavy atom. The van der Waals surface area contributed by atoms with Gasteiger partial charge in [0.25, 0.3) is 0 Å². The summed E-state index contributed by atoms with van der Waals surface area (Å²) in [7, 11) is 0. The predicted octanol–water partition coefficient (Wildman–Crippen LogP) is 5.61. The van der Waals surface area contributed by atoms with Gasteiger partial charge in [-0.05, 0) is 24.3 Å². The molecule has 0 aliphatic heterocycles. The predicted molar refractivity (Wildman–Crippen MR) is 85.8 cm³/mol. The topological polar surface area (TPSA) is 46.5 Å². The molecule has 3 nitrogen and oxygen atoms in total. The fraction of sp³-hybridized carbons (Fsp3) is 0.611. The second-order valence-corrected chi connectivity index (χ2v) is 5.57. The van der Waals surface area contributed by atoms with Gasteiger partial charge in [0.2, 0.25) is 0 Å². The molecule has 0 saturated carbocycles. The number of carboxylic acid groups (broad SMARTS) is 1. The Labute approximate surface area is 128 Å². The summed E-state index contributed by atoms with van der Waals surface area (Å²) < 4.78 is 4.67. The van der Waals surface area contributed by atoms with Gasteiger partial charge in [-0.25, -0.2) is 4.79 Å². The third-order valence-electron chi connectivity index (χ3n) is 3.87. The fourth-order valence-corrected chi connectivity index (χ4v) is 2.66. The molecule has 0 aromatic heterocycles. The summed E-state index contributed by atoms with van der Waals surface area (Å²) in [6.45, 7) is 2.51. The van der Waals surface area contributed by atoms with Gasteiger partial charge in [-0.3, -0.25) is 0 Å². The monoisotopic (exact) mass is 292 g/mol. The Bertz CT molecular complexity index is 375. The standard InChI is InChI=1S/C18H28O3/c1-2-3-4-5-6-8-13-17(14-15-21-18(19)20)16-11-9-7-10-12-16/h7,9-12,17H,2-6,8,13-15H2,1H3,(H,19,20). The summed E-state index contributed by atoms with van der Waals surface area (Å²) in [6, 6.07) is 10.4. The maximum absolute atomic E-state index is 10.5. The zero-order valence-electron chi connectivity index (χ0n) is 13.1. The minimum Gasteiger partial charge on any atom is -0.450 e. The minimum absolute atomic E-state index is 0.282. The molecule has 0 amide bonds. The fourth-order valence-electron chi connectivity index (χ4n) is 2.66. The van der Waals surface area contributed by atoms with E-state index in [-0.39, 0.29) is 6.61 Å². The molecule has 1 aromatic rings. The van der Waals surface area contributed by atoms with Crippen LogP contribution in [0.2, 0.25) is 0 Å². The first-order valence-corrected chi connectivity index (χ1v) is 8.14. The molecule has 0 saturated heterocycles. The van der Waals surface area contributed by atoms with Crippen molar-refractivity contribution < 1.29 is 14.6 Å². The lowest BCUT2D eigenvalue weighted by Crippen LogP contribution is -2.07. The molecule has 1 aromatic carbocycles. The van der Waals surface area contributed by atoms with E-state index in [0.717, 1.165) is 12.8 Å². The van der Waals surface area contributed by atoms with Crippen LogP contribution in [0.1, 0.15) is 69.8 Å². The van der Waals surface area contributed by atoms with E-state index in [2.05, 4.69) is 23.8 Å². The minimum atomic E-state index is -1.18. The van der Waals surface area contributed by atoms with E-state index in [1.165, 1.54) is 44.1 Å². The van der Waals surface area contributed by atoms with Gasteiger partial charge in [0.1, 0.15) is 0 Å². The molecule has 1 atom stereocenters. The zero-order valence-corrected chi connectivity index (χ0v) is 13.1. The highest BCUT2D eigenvalue weighted by atomic mass is 16.7. The normalized spacial score (nSPS) is 12.0. The van der Waals surface area contributed by atoms with Crippen molar-refractivity contribution in [3.63, 3.8) is 0 Å². The Kier molecular flexibility index (Phi) is 9.34. The first-order valence-electron chi connectivity index (χ1n) is 8.14. The van der Waals surface area contributed by atoms with Gasteiger partial charge in [0.05, 0.1) is 6.61 Å². The molecular weight excluding hydrogens is 264 g/mol. The van der Waals surface area contributed by atoms with E-state index >= 15 is 0 Å². The zero-order chi connectivity index (χ0) is 15.3. The molecule has 1 rings (SSSR count). The highest BCUT2D eigenvalue weighted by Gasteiger charge is 2.12. The van der Waals surface area contributed by atoms with Crippen LogP contribution >= 0.6 is 0 Å². The summed E-state index contributed by atoms with van der Waals surface area (Å²) in [6.07, 6.45) is 8.41. The third kappa shape index (κ3) is 8.38. The molecule has 3 heteroatoms. The SMILES string of the molecule is CCCCCCCCC(CCOC(=O)O)c1ccccc1. The quantitative estimate of drug-likeness (QED) is 0.426. The van der Waals surface area contributed by atoms with Gasteiger partial charge in [-0.1, -0.05) is 75.8 Å². The number of carbonyl (C=O) groups is 1. The number of hydrogen-bond acceptors (Lipinski definition) is 2. The van der Waals surface area contributed by atoms with Crippen LogP contribution in [-0.2, 0) is 4.74 Å². The first kappa shape index (κ1) is 17.5. The van der Waals surface area contributed by atoms with Gasteiger partial charge >= 0.3 is 6.16 Å². The van der Waals surface area contributed by atoms with Crippen molar-refractivity contribution in [2.75, 3.05) is 6.61 Å². The van der Waals surface area contributed by atoms with Gasteiger partial charge in [0.15, 0.2) is 0 Å². The van der Waals surface area contributed by atoms with Gasteiger partial charge in [-0.15, -0.1) is 0 Å². The van der Waals surface area contributed by atoms with Crippen molar-refractivity contribution in [1.82, 2.24) is 0 Å². The van der Waals surface area contributed by atoms with Crippen LogP contribution in [0.4, 0.5) is 4.79 Å². The lowest BCUT2D eigenvalue weighted by Gasteiger charge is -2.17. The Balaban J connectivity index is 2.35. The average Bonchev–Trinajstić information content (AvgIpc) is 2.49. The number of hydrogen-bond donors (Lipinski definition) is 1. The Morgan fingerprint density at radius 1 is 1.05 bits per heavy atom. The summed E-state index contributed by atoms with van der Waals surface area (Å²) in [4.78, 5) is 10.5.